The molecule has 1 aromatic rings. The van der Waals surface area contributed by atoms with Gasteiger partial charge in [-0.25, -0.2) is 0 Å². The maximum Gasteiger partial charge on any atom is 0.0713 e. The Hall–Kier alpha value is -1.08. The highest BCUT2D eigenvalue weighted by molar-refractivity contribution is 5.22. The van der Waals surface area contributed by atoms with E-state index in [0.717, 1.165) is 30.3 Å². The third kappa shape index (κ3) is 6.79. The first-order valence-corrected chi connectivity index (χ1v) is 11.5. The summed E-state index contributed by atoms with van der Waals surface area (Å²) in [5.41, 5.74) is 2.77. The van der Waals surface area contributed by atoms with Gasteiger partial charge in [0.05, 0.1) is 6.61 Å². The van der Waals surface area contributed by atoms with Crippen LogP contribution in [0.15, 0.2) is 36.9 Å². The summed E-state index contributed by atoms with van der Waals surface area (Å²) in [5.74, 6) is 3.81. The van der Waals surface area contributed by atoms with E-state index in [1.807, 2.05) is 0 Å². The van der Waals surface area contributed by atoms with E-state index < -0.39 is 0 Å². The molecule has 2 aliphatic carbocycles. The van der Waals surface area contributed by atoms with Gasteiger partial charge in [-0.05, 0) is 73.3 Å². The normalized spacial score (nSPS) is 28.8. The molecular weight excluding hydrogens is 328 g/mol. The molecule has 0 atom stereocenters. The smallest absolute Gasteiger partial charge is 0.0713 e. The molecule has 2 saturated carbocycles. The lowest BCUT2D eigenvalue weighted by Gasteiger charge is -2.31. The minimum Gasteiger partial charge on any atom is -0.380 e. The van der Waals surface area contributed by atoms with Crippen LogP contribution in [0.1, 0.15) is 81.8 Å². The molecular formula is C26H40O. The molecule has 0 unspecified atom stereocenters. The van der Waals surface area contributed by atoms with Crippen molar-refractivity contribution in [1.82, 2.24) is 0 Å². The van der Waals surface area contributed by atoms with Crippen molar-refractivity contribution >= 4 is 0 Å². The Morgan fingerprint density at radius 3 is 1.78 bits per heavy atom. The topological polar surface area (TPSA) is 9.23 Å². The molecule has 150 valence electrons. The summed E-state index contributed by atoms with van der Waals surface area (Å²) in [5, 5.41) is 0. The lowest BCUT2D eigenvalue weighted by molar-refractivity contribution is 0.185. The monoisotopic (exact) mass is 368 g/mol. The van der Waals surface area contributed by atoms with Crippen molar-refractivity contribution < 1.29 is 4.74 Å². The molecule has 1 aromatic carbocycles. The number of allylic oxidation sites excluding steroid dienone is 1. The van der Waals surface area contributed by atoms with Crippen LogP contribution in [0.4, 0.5) is 0 Å². The molecule has 27 heavy (non-hydrogen) atoms. The molecule has 0 N–H and O–H groups in total. The fraction of sp³-hybridized carbons (Fsp3) is 0.692. The van der Waals surface area contributed by atoms with Gasteiger partial charge in [0, 0.05) is 7.11 Å². The lowest BCUT2D eigenvalue weighted by atomic mass is 9.75. The van der Waals surface area contributed by atoms with Gasteiger partial charge in [0.1, 0.15) is 0 Å². The van der Waals surface area contributed by atoms with E-state index in [1.54, 1.807) is 7.11 Å². The predicted octanol–water partition coefficient (Wildman–Crippen LogP) is 7.34. The maximum atomic E-state index is 5.20. The zero-order valence-corrected chi connectivity index (χ0v) is 17.5. The van der Waals surface area contributed by atoms with Crippen molar-refractivity contribution in [2.45, 2.75) is 83.7 Å². The van der Waals surface area contributed by atoms with Gasteiger partial charge in [0.2, 0.25) is 0 Å². The predicted molar refractivity (Wildman–Crippen MR) is 116 cm³/mol. The Morgan fingerprint density at radius 1 is 0.778 bits per heavy atom. The number of methoxy groups -OCH3 is 1. The molecule has 1 heteroatoms. The first-order valence-electron chi connectivity index (χ1n) is 11.5. The zero-order chi connectivity index (χ0) is 18.9. The number of aryl methyl sites for hydroxylation is 1. The Labute approximate surface area is 167 Å². The molecule has 0 aliphatic heterocycles. The van der Waals surface area contributed by atoms with Gasteiger partial charge in [-0.2, -0.15) is 0 Å². The minimum absolute atomic E-state index is 0.722. The van der Waals surface area contributed by atoms with E-state index in [1.165, 1.54) is 88.2 Å². The van der Waals surface area contributed by atoms with Gasteiger partial charge >= 0.3 is 0 Å². The van der Waals surface area contributed by atoms with E-state index in [9.17, 15) is 0 Å². The number of ether oxygens (including phenoxy) is 1. The summed E-state index contributed by atoms with van der Waals surface area (Å²) in [4.78, 5) is 0. The van der Waals surface area contributed by atoms with Gasteiger partial charge < -0.3 is 4.74 Å². The van der Waals surface area contributed by atoms with Gasteiger partial charge in [0.15, 0.2) is 0 Å². The van der Waals surface area contributed by atoms with Crippen molar-refractivity contribution in [1.29, 1.82) is 0 Å². The molecule has 0 radical (unpaired) electrons. The second-order valence-corrected chi connectivity index (χ2v) is 9.27. The molecule has 2 fully saturated rings. The first kappa shape index (κ1) is 20.6. The van der Waals surface area contributed by atoms with Crippen molar-refractivity contribution in [3.8, 4) is 0 Å². The number of hydrogen-bond donors (Lipinski definition) is 0. The number of benzene rings is 1. The van der Waals surface area contributed by atoms with Gasteiger partial charge in [0.25, 0.3) is 0 Å². The Kier molecular flexibility index (Phi) is 8.45. The fourth-order valence-corrected chi connectivity index (χ4v) is 5.33. The Balaban J connectivity index is 1.29. The van der Waals surface area contributed by atoms with Crippen LogP contribution in [0.25, 0.3) is 0 Å². The van der Waals surface area contributed by atoms with E-state index in [0.29, 0.717) is 0 Å². The van der Waals surface area contributed by atoms with Crippen LogP contribution >= 0.6 is 0 Å². The van der Waals surface area contributed by atoms with Crippen molar-refractivity contribution in [2.75, 3.05) is 7.11 Å². The van der Waals surface area contributed by atoms with Crippen molar-refractivity contribution in [3.63, 3.8) is 0 Å². The molecule has 2 aliphatic rings. The standard InChI is InChI=1S/C26H40O/c1-3-21-4-6-22(7-5-21)8-9-23-10-12-24(13-11-23)14-15-25-16-18-26(19-17-25)20-27-2/h3,16-19,21-24H,1,4-15,20H2,2H3/t21-,22-,23?,24?. The quantitative estimate of drug-likeness (QED) is 0.414. The molecule has 0 spiro atoms. The molecule has 3 rings (SSSR count). The molecule has 0 saturated heterocycles. The average molecular weight is 369 g/mol. The summed E-state index contributed by atoms with van der Waals surface area (Å²) >= 11 is 0. The average Bonchev–Trinajstić information content (AvgIpc) is 2.73. The summed E-state index contributed by atoms with van der Waals surface area (Å²) in [7, 11) is 1.76. The highest BCUT2D eigenvalue weighted by atomic mass is 16.5. The van der Waals surface area contributed by atoms with Crippen LogP contribution in [0.2, 0.25) is 0 Å². The van der Waals surface area contributed by atoms with E-state index in [4.69, 9.17) is 4.74 Å². The molecule has 0 aromatic heterocycles. The summed E-state index contributed by atoms with van der Waals surface area (Å²) in [6.07, 6.45) is 19.4. The Bertz CT molecular complexity index is 530. The van der Waals surface area contributed by atoms with Crippen LogP contribution in [0.5, 0.6) is 0 Å². The van der Waals surface area contributed by atoms with Gasteiger partial charge in [-0.15, -0.1) is 6.58 Å². The van der Waals surface area contributed by atoms with E-state index >= 15 is 0 Å². The van der Waals surface area contributed by atoms with Gasteiger partial charge in [-0.3, -0.25) is 0 Å². The van der Waals surface area contributed by atoms with Crippen LogP contribution in [0, 0.1) is 23.7 Å². The highest BCUT2D eigenvalue weighted by Crippen LogP contribution is 2.37. The van der Waals surface area contributed by atoms with Crippen LogP contribution in [-0.4, -0.2) is 7.11 Å². The third-order valence-corrected chi connectivity index (χ3v) is 7.35. The van der Waals surface area contributed by atoms with Crippen LogP contribution < -0.4 is 0 Å². The Morgan fingerprint density at radius 2 is 1.26 bits per heavy atom. The van der Waals surface area contributed by atoms with Crippen LogP contribution in [-0.2, 0) is 17.8 Å². The largest absolute Gasteiger partial charge is 0.380 e. The molecule has 0 bridgehead atoms. The second-order valence-electron chi connectivity index (χ2n) is 9.27. The van der Waals surface area contributed by atoms with E-state index in [-0.39, 0.29) is 0 Å². The summed E-state index contributed by atoms with van der Waals surface area (Å²) in [6, 6.07) is 9.03. The SMILES string of the molecule is C=C[C@H]1CC[C@H](CCC2CCC(CCc3ccc(COC)cc3)CC2)CC1. The summed E-state index contributed by atoms with van der Waals surface area (Å²) < 4.78 is 5.20. The van der Waals surface area contributed by atoms with Gasteiger partial charge in [-0.1, -0.05) is 68.9 Å². The minimum atomic E-state index is 0.722. The van der Waals surface area contributed by atoms with Crippen molar-refractivity contribution in [2.24, 2.45) is 23.7 Å². The maximum absolute atomic E-state index is 5.20. The third-order valence-electron chi connectivity index (χ3n) is 7.35. The van der Waals surface area contributed by atoms with Crippen molar-refractivity contribution in [3.05, 3.63) is 48.0 Å². The summed E-state index contributed by atoms with van der Waals surface area (Å²) in [6.45, 7) is 4.70. The zero-order valence-electron chi connectivity index (χ0n) is 17.5. The molecule has 0 amide bonds. The highest BCUT2D eigenvalue weighted by Gasteiger charge is 2.24. The first-order chi connectivity index (χ1) is 13.3. The lowest BCUT2D eigenvalue weighted by Crippen LogP contribution is -2.18. The molecule has 1 nitrogen and oxygen atoms in total. The van der Waals surface area contributed by atoms with Crippen LogP contribution in [0.3, 0.4) is 0 Å². The number of rotatable bonds is 9. The molecule has 0 heterocycles. The number of hydrogen-bond acceptors (Lipinski definition) is 1. The second kappa shape index (κ2) is 11.1. The fourth-order valence-electron chi connectivity index (χ4n) is 5.33. The van der Waals surface area contributed by atoms with E-state index in [2.05, 4.69) is 36.9 Å².